The molecule has 1 aromatic rings. The fourth-order valence-electron chi connectivity index (χ4n) is 4.49. The predicted octanol–water partition coefficient (Wildman–Crippen LogP) is 1.13. The van der Waals surface area contributed by atoms with Gasteiger partial charge in [0.25, 0.3) is 11.8 Å². The van der Waals surface area contributed by atoms with Gasteiger partial charge in [0.05, 0.1) is 31.7 Å². The van der Waals surface area contributed by atoms with Crippen molar-refractivity contribution in [2.75, 3.05) is 39.5 Å². The summed E-state index contributed by atoms with van der Waals surface area (Å²) in [5.74, 6) is -4.46. The Kier molecular flexibility index (Phi) is 9.84. The van der Waals surface area contributed by atoms with Crippen LogP contribution in [0.25, 0.3) is 0 Å². The van der Waals surface area contributed by atoms with Gasteiger partial charge < -0.3 is 29.7 Å². The summed E-state index contributed by atoms with van der Waals surface area (Å²) < 4.78 is 38.2. The molecule has 2 atom stereocenters. The van der Waals surface area contributed by atoms with Gasteiger partial charge in [-0.1, -0.05) is 30.3 Å². The number of hydrogen-bond donors (Lipinski definition) is 3. The van der Waals surface area contributed by atoms with Crippen LogP contribution in [0.4, 0.5) is 13.6 Å². The van der Waals surface area contributed by atoms with Crippen LogP contribution in [0.5, 0.6) is 0 Å². The van der Waals surface area contributed by atoms with Gasteiger partial charge in [-0.3, -0.25) is 9.69 Å². The van der Waals surface area contributed by atoms with E-state index >= 15 is 0 Å². The lowest BCUT2D eigenvalue weighted by molar-refractivity contribution is -0.137. The second kappa shape index (κ2) is 12.7. The van der Waals surface area contributed by atoms with E-state index in [0.717, 1.165) is 5.56 Å². The number of hydrogen-bond acceptors (Lipinski definition) is 8. The number of likely N-dealkylation sites (tertiary alicyclic amines) is 1. The van der Waals surface area contributed by atoms with E-state index in [1.807, 2.05) is 12.1 Å². The third kappa shape index (κ3) is 7.98. The van der Waals surface area contributed by atoms with E-state index in [0.29, 0.717) is 0 Å². The number of alkyl carbamates (subject to hydrolysis) is 1. The standard InChI is InChI=1S/C25H33BF2N4O6/c1-24(2,31-9-8-25(27,28)17-31)13-19(14-29)22(33)32-10-11-37-15-20(32)16-38-23(34)30-21(26(35)36)12-18-6-4-3-5-7-18/h3-7,13,20-21,35-36H,8-12,15-17H2,1-2H3,(H,30,34)/b19-13+/t20-,21+/m1/s1. The molecule has 13 heteroatoms. The van der Waals surface area contributed by atoms with Crippen molar-refractivity contribution in [3.05, 3.63) is 47.5 Å². The SMILES string of the molecule is CC(C)(/C=C(\C#N)C(=O)N1CCOC[C@@H]1COC(=O)N[C@@H](Cc1ccccc1)B(O)O)N1CCC(F)(F)C1. The number of alkyl halides is 2. The highest BCUT2D eigenvalue weighted by Crippen LogP contribution is 2.33. The largest absolute Gasteiger partial charge is 0.475 e. The van der Waals surface area contributed by atoms with Crippen molar-refractivity contribution >= 4 is 19.1 Å². The van der Waals surface area contributed by atoms with Crippen LogP contribution in [0.3, 0.4) is 0 Å². The van der Waals surface area contributed by atoms with Gasteiger partial charge in [0, 0.05) is 25.0 Å². The van der Waals surface area contributed by atoms with Crippen molar-refractivity contribution in [3.8, 4) is 6.07 Å². The smallest absolute Gasteiger partial charge is 0.447 e. The van der Waals surface area contributed by atoms with Crippen molar-refractivity contribution in [3.63, 3.8) is 0 Å². The van der Waals surface area contributed by atoms with Gasteiger partial charge in [0.2, 0.25) is 0 Å². The molecule has 2 aliphatic heterocycles. The van der Waals surface area contributed by atoms with E-state index in [4.69, 9.17) is 9.47 Å². The molecule has 2 aliphatic rings. The lowest BCUT2D eigenvalue weighted by atomic mass is 9.76. The minimum absolute atomic E-state index is 0.0511. The summed E-state index contributed by atoms with van der Waals surface area (Å²) in [4.78, 5) is 28.6. The Bertz CT molecular complexity index is 1050. The van der Waals surface area contributed by atoms with Crippen molar-refractivity contribution in [2.24, 2.45) is 0 Å². The number of nitrogens with one attached hydrogen (secondary N) is 1. The zero-order valence-corrected chi connectivity index (χ0v) is 21.5. The second-order valence-electron chi connectivity index (χ2n) is 10.0. The lowest BCUT2D eigenvalue weighted by Gasteiger charge is -2.36. The molecule has 2 heterocycles. The lowest BCUT2D eigenvalue weighted by Crippen LogP contribution is -2.53. The highest BCUT2D eigenvalue weighted by Gasteiger charge is 2.43. The van der Waals surface area contributed by atoms with Crippen LogP contribution in [0.1, 0.15) is 25.8 Å². The van der Waals surface area contributed by atoms with Crippen molar-refractivity contribution in [1.29, 1.82) is 5.26 Å². The van der Waals surface area contributed by atoms with Gasteiger partial charge in [0.15, 0.2) is 0 Å². The van der Waals surface area contributed by atoms with Crippen LogP contribution in [-0.2, 0) is 20.7 Å². The minimum atomic E-state index is -2.82. The van der Waals surface area contributed by atoms with E-state index < -0.39 is 49.1 Å². The van der Waals surface area contributed by atoms with E-state index in [1.165, 1.54) is 15.9 Å². The first kappa shape index (κ1) is 29.5. The molecule has 0 spiro atoms. The van der Waals surface area contributed by atoms with Crippen LogP contribution >= 0.6 is 0 Å². The fourth-order valence-corrected chi connectivity index (χ4v) is 4.49. The number of morpholine rings is 1. The average molecular weight is 534 g/mol. The first-order valence-electron chi connectivity index (χ1n) is 12.4. The van der Waals surface area contributed by atoms with E-state index in [1.54, 1.807) is 38.1 Å². The Hall–Kier alpha value is -3.05. The molecule has 0 unspecified atom stereocenters. The quantitative estimate of drug-likeness (QED) is 0.244. The Morgan fingerprint density at radius 2 is 2.05 bits per heavy atom. The van der Waals surface area contributed by atoms with Crippen LogP contribution in [0.2, 0.25) is 0 Å². The highest BCUT2D eigenvalue weighted by atomic mass is 19.3. The Morgan fingerprint density at radius 3 is 2.66 bits per heavy atom. The molecule has 2 amide bonds. The number of nitriles is 1. The van der Waals surface area contributed by atoms with E-state index in [-0.39, 0.29) is 51.3 Å². The highest BCUT2D eigenvalue weighted by molar-refractivity contribution is 6.43. The molecule has 0 aromatic heterocycles. The third-order valence-corrected chi connectivity index (χ3v) is 6.69. The Balaban J connectivity index is 1.63. The van der Waals surface area contributed by atoms with Gasteiger partial charge in [-0.15, -0.1) is 0 Å². The molecule has 0 radical (unpaired) electrons. The summed E-state index contributed by atoms with van der Waals surface area (Å²) in [6, 6.07) is 10.1. The number of halogens is 2. The molecule has 1 aromatic carbocycles. The summed E-state index contributed by atoms with van der Waals surface area (Å²) >= 11 is 0. The summed E-state index contributed by atoms with van der Waals surface area (Å²) in [7, 11) is -1.83. The summed E-state index contributed by atoms with van der Waals surface area (Å²) in [6.07, 6.45) is 0.349. The zero-order valence-electron chi connectivity index (χ0n) is 21.5. The minimum Gasteiger partial charge on any atom is -0.447 e. The third-order valence-electron chi connectivity index (χ3n) is 6.69. The van der Waals surface area contributed by atoms with E-state index in [9.17, 15) is 33.7 Å². The number of carbonyl (C=O) groups is 2. The summed E-state index contributed by atoms with van der Waals surface area (Å²) in [6.45, 7) is 3.16. The molecule has 3 N–H and O–H groups in total. The maximum Gasteiger partial charge on any atom is 0.475 e. The fraction of sp³-hybridized carbons (Fsp3) is 0.560. The van der Waals surface area contributed by atoms with Gasteiger partial charge in [-0.25, -0.2) is 13.6 Å². The van der Waals surface area contributed by atoms with Crippen molar-refractivity contribution in [1.82, 2.24) is 15.1 Å². The molecule has 3 rings (SSSR count). The van der Waals surface area contributed by atoms with Crippen LogP contribution in [0.15, 0.2) is 42.0 Å². The van der Waals surface area contributed by atoms with Crippen LogP contribution in [-0.4, -0.2) is 102 Å². The van der Waals surface area contributed by atoms with Gasteiger partial charge in [-0.05, 0) is 31.9 Å². The first-order chi connectivity index (χ1) is 17.9. The maximum absolute atomic E-state index is 13.7. The number of ether oxygens (including phenoxy) is 2. The molecule has 2 saturated heterocycles. The summed E-state index contributed by atoms with van der Waals surface area (Å²) in [5.41, 5.74) is -0.384. The van der Waals surface area contributed by atoms with Gasteiger partial charge in [-0.2, -0.15) is 5.26 Å². The monoisotopic (exact) mass is 534 g/mol. The summed E-state index contributed by atoms with van der Waals surface area (Å²) in [5, 5.41) is 31.5. The molecular weight excluding hydrogens is 501 g/mol. The van der Waals surface area contributed by atoms with Crippen molar-refractivity contribution in [2.45, 2.75) is 50.1 Å². The molecule has 0 saturated carbocycles. The number of nitrogens with zero attached hydrogens (tertiary/aromatic N) is 3. The number of amides is 2. The molecule has 206 valence electrons. The predicted molar refractivity (Wildman–Crippen MR) is 134 cm³/mol. The Labute approximate surface area is 220 Å². The molecule has 2 fully saturated rings. The molecule has 0 bridgehead atoms. The van der Waals surface area contributed by atoms with Gasteiger partial charge >= 0.3 is 13.2 Å². The topological polar surface area (TPSA) is 135 Å². The molecule has 38 heavy (non-hydrogen) atoms. The van der Waals surface area contributed by atoms with Crippen LogP contribution < -0.4 is 5.32 Å². The normalized spacial score (nSPS) is 20.9. The second-order valence-corrected chi connectivity index (χ2v) is 10.0. The Morgan fingerprint density at radius 1 is 1.34 bits per heavy atom. The molecular formula is C25H33BF2N4O6. The molecule has 0 aliphatic carbocycles. The average Bonchev–Trinajstić information content (AvgIpc) is 3.26. The van der Waals surface area contributed by atoms with Crippen LogP contribution in [0, 0.1) is 11.3 Å². The van der Waals surface area contributed by atoms with Crippen molar-refractivity contribution < 1.29 is 37.9 Å². The number of carbonyl (C=O) groups excluding carboxylic acids is 2. The zero-order chi connectivity index (χ0) is 27.9. The van der Waals surface area contributed by atoms with Gasteiger partial charge in [0.1, 0.15) is 18.2 Å². The maximum atomic E-state index is 13.7. The first-order valence-corrected chi connectivity index (χ1v) is 12.4. The number of rotatable bonds is 9. The molecule has 10 nitrogen and oxygen atoms in total. The number of benzene rings is 1. The van der Waals surface area contributed by atoms with E-state index in [2.05, 4.69) is 5.32 Å².